The number of amides is 2. The Kier molecular flexibility index (Phi) is 11.1. The maximum absolute atomic E-state index is 14.0. The molecule has 3 aromatic carbocycles. The Morgan fingerprint density at radius 2 is 1.56 bits per heavy atom. The standard InChI is InChI=1S/C30H35Cl2N3O5S/c1-20(2)17-33-30(37)22(4)34(18-26-27(31)10-7-11-28(26)32)29(36)19-35(23-8-6-9-24(16-23)40-5)41(38,39)25-14-12-21(3)13-15-25/h6-16,20,22H,17-19H2,1-5H3,(H,33,37). The number of carbonyl (C=O) groups is 2. The Hall–Kier alpha value is -3.27. The van der Waals surface area contributed by atoms with Crippen molar-refractivity contribution in [2.45, 2.75) is 45.2 Å². The number of hydrogen-bond acceptors (Lipinski definition) is 5. The Morgan fingerprint density at radius 1 is 0.951 bits per heavy atom. The van der Waals surface area contributed by atoms with Gasteiger partial charge in [-0.2, -0.15) is 0 Å². The molecule has 220 valence electrons. The van der Waals surface area contributed by atoms with E-state index in [1.165, 1.54) is 30.2 Å². The van der Waals surface area contributed by atoms with E-state index < -0.39 is 28.5 Å². The molecule has 0 heterocycles. The van der Waals surface area contributed by atoms with Gasteiger partial charge in [0.15, 0.2) is 0 Å². The van der Waals surface area contributed by atoms with Crippen LogP contribution in [0.3, 0.4) is 0 Å². The molecule has 3 aromatic rings. The lowest BCUT2D eigenvalue weighted by molar-refractivity contribution is -0.139. The molecule has 8 nitrogen and oxygen atoms in total. The number of methoxy groups -OCH3 is 1. The monoisotopic (exact) mass is 619 g/mol. The number of nitrogens with zero attached hydrogens (tertiary/aromatic N) is 2. The lowest BCUT2D eigenvalue weighted by Crippen LogP contribution is -2.51. The van der Waals surface area contributed by atoms with E-state index in [2.05, 4.69) is 5.32 Å². The second kappa shape index (κ2) is 14.1. The van der Waals surface area contributed by atoms with Crippen molar-refractivity contribution in [2.75, 3.05) is 24.5 Å². The number of hydrogen-bond donors (Lipinski definition) is 1. The number of anilines is 1. The molecule has 0 aromatic heterocycles. The van der Waals surface area contributed by atoms with Crippen LogP contribution < -0.4 is 14.4 Å². The van der Waals surface area contributed by atoms with Crippen LogP contribution in [0, 0.1) is 12.8 Å². The predicted molar refractivity (Wildman–Crippen MR) is 163 cm³/mol. The molecule has 0 aliphatic carbocycles. The van der Waals surface area contributed by atoms with E-state index in [1.807, 2.05) is 20.8 Å². The lowest BCUT2D eigenvalue weighted by atomic mass is 10.1. The summed E-state index contributed by atoms with van der Waals surface area (Å²) in [5, 5.41) is 3.49. The molecule has 0 aliphatic heterocycles. The molecule has 1 atom stereocenters. The third kappa shape index (κ3) is 8.15. The van der Waals surface area contributed by atoms with Gasteiger partial charge >= 0.3 is 0 Å². The summed E-state index contributed by atoms with van der Waals surface area (Å²) in [4.78, 5) is 28.5. The van der Waals surface area contributed by atoms with Gasteiger partial charge in [0.1, 0.15) is 18.3 Å². The minimum Gasteiger partial charge on any atom is -0.497 e. The van der Waals surface area contributed by atoms with Gasteiger partial charge in [0.2, 0.25) is 11.8 Å². The summed E-state index contributed by atoms with van der Waals surface area (Å²) in [6.45, 7) is 7.07. The number of aryl methyl sites for hydroxylation is 1. The number of nitrogens with one attached hydrogen (secondary N) is 1. The van der Waals surface area contributed by atoms with Gasteiger partial charge in [-0.05, 0) is 56.2 Å². The van der Waals surface area contributed by atoms with Crippen molar-refractivity contribution in [1.82, 2.24) is 10.2 Å². The summed E-state index contributed by atoms with van der Waals surface area (Å²) >= 11 is 12.8. The summed E-state index contributed by atoms with van der Waals surface area (Å²) < 4.78 is 34.2. The fourth-order valence-corrected chi connectivity index (χ4v) is 5.94. The molecule has 0 spiro atoms. The first kappa shape index (κ1) is 32.2. The molecule has 41 heavy (non-hydrogen) atoms. The second-order valence-corrected chi connectivity index (χ2v) is 12.7. The lowest BCUT2D eigenvalue weighted by Gasteiger charge is -2.32. The maximum atomic E-state index is 14.0. The average Bonchev–Trinajstić information content (AvgIpc) is 2.94. The third-order valence-electron chi connectivity index (χ3n) is 6.47. The van der Waals surface area contributed by atoms with Gasteiger partial charge in [-0.15, -0.1) is 0 Å². The molecule has 0 saturated carbocycles. The zero-order valence-corrected chi connectivity index (χ0v) is 26.1. The summed E-state index contributed by atoms with van der Waals surface area (Å²) in [6.07, 6.45) is 0. The van der Waals surface area contributed by atoms with E-state index in [0.717, 1.165) is 9.87 Å². The Bertz CT molecular complexity index is 1460. The van der Waals surface area contributed by atoms with E-state index in [9.17, 15) is 18.0 Å². The van der Waals surface area contributed by atoms with E-state index in [0.29, 0.717) is 27.9 Å². The zero-order chi connectivity index (χ0) is 30.3. The minimum absolute atomic E-state index is 0.0159. The molecule has 0 saturated heterocycles. The molecule has 0 fully saturated rings. The normalized spacial score (nSPS) is 12.1. The van der Waals surface area contributed by atoms with Gasteiger partial charge in [-0.1, -0.05) is 66.9 Å². The van der Waals surface area contributed by atoms with E-state index in [-0.39, 0.29) is 29.0 Å². The Labute approximate surface area is 252 Å². The highest BCUT2D eigenvalue weighted by atomic mass is 35.5. The van der Waals surface area contributed by atoms with Crippen molar-refractivity contribution in [3.63, 3.8) is 0 Å². The van der Waals surface area contributed by atoms with Crippen LogP contribution in [0.15, 0.2) is 71.6 Å². The van der Waals surface area contributed by atoms with Crippen molar-refractivity contribution in [3.05, 3.63) is 87.9 Å². The molecule has 2 amide bonds. The van der Waals surface area contributed by atoms with Crippen LogP contribution in [0.2, 0.25) is 10.0 Å². The summed E-state index contributed by atoms with van der Waals surface area (Å²) in [5.41, 5.74) is 1.56. The molecule has 1 N–H and O–H groups in total. The van der Waals surface area contributed by atoms with Gasteiger partial charge in [0.25, 0.3) is 10.0 Å². The van der Waals surface area contributed by atoms with Crippen LogP contribution in [0.25, 0.3) is 0 Å². The number of rotatable bonds is 12. The molecule has 1 unspecified atom stereocenters. The number of sulfonamides is 1. The first-order chi connectivity index (χ1) is 19.3. The summed E-state index contributed by atoms with van der Waals surface area (Å²) in [5.74, 6) is -0.395. The second-order valence-electron chi connectivity index (χ2n) is 10.1. The van der Waals surface area contributed by atoms with Crippen LogP contribution in [0.4, 0.5) is 5.69 Å². The van der Waals surface area contributed by atoms with E-state index >= 15 is 0 Å². The fraction of sp³-hybridized carbons (Fsp3) is 0.333. The van der Waals surface area contributed by atoms with Crippen LogP contribution in [-0.4, -0.2) is 51.4 Å². The first-order valence-corrected chi connectivity index (χ1v) is 15.3. The molecule has 0 aliphatic rings. The molecule has 0 bridgehead atoms. The van der Waals surface area contributed by atoms with E-state index in [4.69, 9.17) is 27.9 Å². The van der Waals surface area contributed by atoms with Crippen LogP contribution >= 0.6 is 23.2 Å². The molecular formula is C30H35Cl2N3O5S. The van der Waals surface area contributed by atoms with Gasteiger partial charge in [0, 0.05) is 34.8 Å². The molecular weight excluding hydrogens is 585 g/mol. The van der Waals surface area contributed by atoms with Crippen molar-refractivity contribution in [1.29, 1.82) is 0 Å². The quantitative estimate of drug-likeness (QED) is 0.281. The number of ether oxygens (including phenoxy) is 1. The zero-order valence-electron chi connectivity index (χ0n) is 23.7. The van der Waals surface area contributed by atoms with Crippen molar-refractivity contribution in [2.24, 2.45) is 5.92 Å². The number of benzene rings is 3. The topological polar surface area (TPSA) is 96.0 Å². The molecule has 11 heteroatoms. The summed E-state index contributed by atoms with van der Waals surface area (Å²) in [6, 6.07) is 16.8. The highest BCUT2D eigenvalue weighted by Gasteiger charge is 2.33. The highest BCUT2D eigenvalue weighted by Crippen LogP contribution is 2.29. The van der Waals surface area contributed by atoms with Gasteiger partial charge < -0.3 is 15.0 Å². The largest absolute Gasteiger partial charge is 0.497 e. The average molecular weight is 621 g/mol. The Morgan fingerprint density at radius 3 is 2.15 bits per heavy atom. The van der Waals surface area contributed by atoms with Crippen molar-refractivity contribution in [3.8, 4) is 5.75 Å². The van der Waals surface area contributed by atoms with Gasteiger partial charge in [-0.25, -0.2) is 8.42 Å². The predicted octanol–water partition coefficient (Wildman–Crippen LogP) is 5.70. The Balaban J connectivity index is 2.07. The van der Waals surface area contributed by atoms with Crippen molar-refractivity contribution >= 4 is 50.7 Å². The first-order valence-electron chi connectivity index (χ1n) is 13.1. The summed E-state index contributed by atoms with van der Waals surface area (Å²) in [7, 11) is -2.74. The highest BCUT2D eigenvalue weighted by molar-refractivity contribution is 7.92. The third-order valence-corrected chi connectivity index (χ3v) is 8.97. The number of carbonyl (C=O) groups excluding carboxylic acids is 2. The minimum atomic E-state index is -4.20. The number of halogens is 2. The van der Waals surface area contributed by atoms with Crippen LogP contribution in [0.5, 0.6) is 5.75 Å². The van der Waals surface area contributed by atoms with Crippen LogP contribution in [0.1, 0.15) is 31.9 Å². The van der Waals surface area contributed by atoms with Gasteiger partial charge in [-0.3, -0.25) is 13.9 Å². The van der Waals surface area contributed by atoms with Crippen LogP contribution in [-0.2, 0) is 26.2 Å². The molecule has 0 radical (unpaired) electrons. The maximum Gasteiger partial charge on any atom is 0.264 e. The molecule has 3 rings (SSSR count). The fourth-order valence-electron chi connectivity index (χ4n) is 4.02. The van der Waals surface area contributed by atoms with E-state index in [1.54, 1.807) is 55.5 Å². The van der Waals surface area contributed by atoms with Crippen molar-refractivity contribution < 1.29 is 22.7 Å². The SMILES string of the molecule is COc1cccc(N(CC(=O)N(Cc2c(Cl)cccc2Cl)C(C)C(=O)NCC(C)C)S(=O)(=O)c2ccc(C)cc2)c1. The van der Waals surface area contributed by atoms with Gasteiger partial charge in [0.05, 0.1) is 17.7 Å². The smallest absolute Gasteiger partial charge is 0.264 e.